The van der Waals surface area contributed by atoms with E-state index in [1.165, 1.54) is 19.0 Å². The fourth-order valence-electron chi connectivity index (χ4n) is 2.21. The molecule has 0 unspecified atom stereocenters. The number of aromatic nitrogens is 1. The van der Waals surface area contributed by atoms with Gasteiger partial charge in [-0.15, -0.1) is 0 Å². The van der Waals surface area contributed by atoms with Crippen molar-refractivity contribution in [2.75, 3.05) is 18.4 Å². The summed E-state index contributed by atoms with van der Waals surface area (Å²) in [6, 6.07) is 2.14. The summed E-state index contributed by atoms with van der Waals surface area (Å²) in [4.78, 5) is 14.3. The lowest BCUT2D eigenvalue weighted by Gasteiger charge is -2.12. The fraction of sp³-hybridized carbons (Fsp3) is 0.583. The largest absolute Gasteiger partial charge is 0.370 e. The summed E-state index contributed by atoms with van der Waals surface area (Å²) in [5, 5.41) is 17.3. The summed E-state index contributed by atoms with van der Waals surface area (Å²) in [6.07, 6.45) is 4.83. The van der Waals surface area contributed by atoms with Crippen molar-refractivity contribution >= 4 is 11.5 Å². The predicted molar refractivity (Wildman–Crippen MR) is 69.8 cm³/mol. The summed E-state index contributed by atoms with van der Waals surface area (Å²) >= 11 is 0. The van der Waals surface area contributed by atoms with Crippen LogP contribution in [0.5, 0.6) is 0 Å². The Morgan fingerprint density at radius 2 is 2.50 bits per heavy atom. The molecule has 2 N–H and O–H groups in total. The minimum atomic E-state index is -0.424. The maximum atomic E-state index is 10.6. The number of anilines is 1. The minimum absolute atomic E-state index is 0.0375. The fourth-order valence-corrected chi connectivity index (χ4v) is 2.21. The van der Waals surface area contributed by atoms with E-state index < -0.39 is 4.92 Å². The van der Waals surface area contributed by atoms with Gasteiger partial charge in [0, 0.05) is 18.7 Å². The van der Waals surface area contributed by atoms with Crippen molar-refractivity contribution in [3.05, 3.63) is 27.9 Å². The molecule has 0 aliphatic carbocycles. The number of nitrogens with one attached hydrogen (secondary N) is 2. The number of aryl methyl sites for hydroxylation is 1. The van der Waals surface area contributed by atoms with Gasteiger partial charge in [-0.2, -0.15) is 0 Å². The highest BCUT2D eigenvalue weighted by Crippen LogP contribution is 2.18. The van der Waals surface area contributed by atoms with E-state index in [2.05, 4.69) is 15.6 Å². The zero-order valence-corrected chi connectivity index (χ0v) is 10.5. The molecular weight excluding hydrogens is 232 g/mol. The van der Waals surface area contributed by atoms with Crippen molar-refractivity contribution in [3.63, 3.8) is 0 Å². The molecule has 6 heteroatoms. The highest BCUT2D eigenvalue weighted by atomic mass is 16.6. The molecule has 2 heterocycles. The molecule has 1 aromatic rings. The van der Waals surface area contributed by atoms with Crippen LogP contribution in [0.2, 0.25) is 0 Å². The van der Waals surface area contributed by atoms with Gasteiger partial charge in [-0.25, -0.2) is 4.98 Å². The highest BCUT2D eigenvalue weighted by molar-refractivity contribution is 5.48. The summed E-state index contributed by atoms with van der Waals surface area (Å²) in [5.41, 5.74) is 0.846. The Morgan fingerprint density at radius 1 is 1.67 bits per heavy atom. The van der Waals surface area contributed by atoms with E-state index in [9.17, 15) is 10.1 Å². The molecule has 2 rings (SSSR count). The Morgan fingerprint density at radius 3 is 3.11 bits per heavy atom. The van der Waals surface area contributed by atoms with Crippen molar-refractivity contribution in [2.45, 2.75) is 32.2 Å². The van der Waals surface area contributed by atoms with E-state index in [1.54, 1.807) is 6.07 Å². The molecular formula is C12H18N4O2. The lowest BCUT2D eigenvalue weighted by atomic mass is 10.1. The van der Waals surface area contributed by atoms with Crippen LogP contribution in [0, 0.1) is 17.0 Å². The van der Waals surface area contributed by atoms with Gasteiger partial charge >= 0.3 is 0 Å². The monoisotopic (exact) mass is 250 g/mol. The first-order valence-electron chi connectivity index (χ1n) is 6.25. The number of hydrogen-bond donors (Lipinski definition) is 2. The number of nitrogens with zero attached hydrogens (tertiary/aromatic N) is 2. The second kappa shape index (κ2) is 5.77. The number of hydrogen-bond acceptors (Lipinski definition) is 5. The topological polar surface area (TPSA) is 80.1 Å². The quantitative estimate of drug-likeness (QED) is 0.615. The van der Waals surface area contributed by atoms with Crippen LogP contribution < -0.4 is 10.6 Å². The van der Waals surface area contributed by atoms with Crippen LogP contribution in [-0.4, -0.2) is 29.0 Å². The summed E-state index contributed by atoms with van der Waals surface area (Å²) in [5.74, 6) is 0.735. The number of rotatable bonds is 5. The van der Waals surface area contributed by atoms with Gasteiger partial charge in [0.2, 0.25) is 0 Å². The molecule has 0 bridgehead atoms. The molecule has 18 heavy (non-hydrogen) atoms. The zero-order valence-electron chi connectivity index (χ0n) is 10.5. The second-order valence-electron chi connectivity index (χ2n) is 4.62. The van der Waals surface area contributed by atoms with E-state index in [1.807, 2.05) is 6.92 Å². The number of pyridine rings is 1. The third-order valence-electron chi connectivity index (χ3n) is 3.22. The molecule has 0 aromatic carbocycles. The Hall–Kier alpha value is -1.69. The number of nitro groups is 1. The van der Waals surface area contributed by atoms with Crippen LogP contribution in [0.1, 0.15) is 24.8 Å². The van der Waals surface area contributed by atoms with Crippen LogP contribution in [-0.2, 0) is 0 Å². The molecule has 1 fully saturated rings. The van der Waals surface area contributed by atoms with E-state index in [4.69, 9.17) is 0 Å². The zero-order chi connectivity index (χ0) is 13.0. The van der Waals surface area contributed by atoms with E-state index in [-0.39, 0.29) is 5.69 Å². The smallest absolute Gasteiger partial charge is 0.287 e. The van der Waals surface area contributed by atoms with E-state index >= 15 is 0 Å². The summed E-state index contributed by atoms with van der Waals surface area (Å²) < 4.78 is 0. The van der Waals surface area contributed by atoms with Gasteiger partial charge < -0.3 is 10.6 Å². The van der Waals surface area contributed by atoms with Gasteiger partial charge in [-0.3, -0.25) is 10.1 Å². The third kappa shape index (κ3) is 3.16. The Balaban J connectivity index is 1.87. The lowest BCUT2D eigenvalue weighted by molar-refractivity contribution is -0.385. The van der Waals surface area contributed by atoms with Crippen molar-refractivity contribution in [2.24, 2.45) is 0 Å². The van der Waals surface area contributed by atoms with Gasteiger partial charge in [-0.05, 0) is 38.3 Å². The normalized spacial score (nSPS) is 18.8. The molecule has 1 aromatic heterocycles. The van der Waals surface area contributed by atoms with Gasteiger partial charge in [0.25, 0.3) is 5.69 Å². The van der Waals surface area contributed by atoms with Crippen LogP contribution >= 0.6 is 0 Å². The molecule has 98 valence electrons. The standard InChI is InChI=1S/C12H18N4O2/c1-9-7-11(16(17)18)8-15-12(9)14-6-4-10-3-2-5-13-10/h7-8,10,13H,2-6H2,1H3,(H,14,15)/t10-/m1/s1. The molecule has 6 nitrogen and oxygen atoms in total. The first-order chi connectivity index (χ1) is 8.66. The Kier molecular flexibility index (Phi) is 4.09. The molecule has 0 amide bonds. The maximum Gasteiger partial charge on any atom is 0.287 e. The van der Waals surface area contributed by atoms with E-state index in [0.717, 1.165) is 30.9 Å². The molecule has 1 aliphatic rings. The average molecular weight is 250 g/mol. The van der Waals surface area contributed by atoms with Crippen molar-refractivity contribution in [3.8, 4) is 0 Å². The van der Waals surface area contributed by atoms with Crippen molar-refractivity contribution in [1.29, 1.82) is 0 Å². The van der Waals surface area contributed by atoms with Crippen molar-refractivity contribution in [1.82, 2.24) is 10.3 Å². The first kappa shape index (κ1) is 12.8. The third-order valence-corrected chi connectivity index (χ3v) is 3.22. The average Bonchev–Trinajstić information content (AvgIpc) is 2.84. The van der Waals surface area contributed by atoms with Crippen LogP contribution in [0.3, 0.4) is 0 Å². The lowest BCUT2D eigenvalue weighted by Crippen LogP contribution is -2.24. The predicted octanol–water partition coefficient (Wildman–Crippen LogP) is 1.85. The van der Waals surface area contributed by atoms with Crippen LogP contribution in [0.4, 0.5) is 11.5 Å². The minimum Gasteiger partial charge on any atom is -0.370 e. The Labute approximate surface area is 106 Å². The SMILES string of the molecule is Cc1cc([N+](=O)[O-])cnc1NCC[C@H]1CCCN1. The summed E-state index contributed by atoms with van der Waals surface area (Å²) in [6.45, 7) is 3.78. The van der Waals surface area contributed by atoms with Gasteiger partial charge in [0.05, 0.1) is 4.92 Å². The highest BCUT2D eigenvalue weighted by Gasteiger charge is 2.14. The Bertz CT molecular complexity index is 430. The van der Waals surface area contributed by atoms with Gasteiger partial charge in [0.15, 0.2) is 0 Å². The summed E-state index contributed by atoms with van der Waals surface area (Å²) in [7, 11) is 0. The van der Waals surface area contributed by atoms with Gasteiger partial charge in [-0.1, -0.05) is 0 Å². The maximum absolute atomic E-state index is 10.6. The van der Waals surface area contributed by atoms with Crippen LogP contribution in [0.25, 0.3) is 0 Å². The molecule has 0 saturated carbocycles. The second-order valence-corrected chi connectivity index (χ2v) is 4.62. The van der Waals surface area contributed by atoms with Crippen LogP contribution in [0.15, 0.2) is 12.3 Å². The van der Waals surface area contributed by atoms with Gasteiger partial charge in [0.1, 0.15) is 12.0 Å². The molecule has 0 radical (unpaired) electrons. The molecule has 1 saturated heterocycles. The molecule has 0 spiro atoms. The first-order valence-corrected chi connectivity index (χ1v) is 6.25. The molecule has 1 atom stereocenters. The van der Waals surface area contributed by atoms with E-state index in [0.29, 0.717) is 6.04 Å². The molecule has 1 aliphatic heterocycles. The van der Waals surface area contributed by atoms with Crippen molar-refractivity contribution < 1.29 is 4.92 Å².